The predicted molar refractivity (Wildman–Crippen MR) is 136 cm³/mol. The molecule has 0 radical (unpaired) electrons. The zero-order valence-corrected chi connectivity index (χ0v) is 21.0. The number of amides is 1. The molecule has 1 unspecified atom stereocenters. The van der Waals surface area contributed by atoms with Gasteiger partial charge in [-0.1, -0.05) is 60.5 Å². The van der Waals surface area contributed by atoms with E-state index in [2.05, 4.69) is 46.3 Å². The van der Waals surface area contributed by atoms with Crippen LogP contribution in [0.2, 0.25) is 10.0 Å². The number of likely N-dealkylation sites (tertiary alicyclic amines) is 2. The molecular weight excluding hydrogens is 453 g/mol. The van der Waals surface area contributed by atoms with E-state index in [0.29, 0.717) is 16.6 Å². The van der Waals surface area contributed by atoms with E-state index < -0.39 is 0 Å². The smallest absolute Gasteiger partial charge is 0.223 e. The van der Waals surface area contributed by atoms with Crippen LogP contribution in [0.3, 0.4) is 0 Å². The van der Waals surface area contributed by atoms with Gasteiger partial charge < -0.3 is 5.32 Å². The number of carbonyl (C=O) groups excluding carboxylic acids is 1. The fourth-order valence-corrected chi connectivity index (χ4v) is 5.64. The maximum absolute atomic E-state index is 12.8. The molecule has 2 aromatic carbocycles. The van der Waals surface area contributed by atoms with Gasteiger partial charge in [0.15, 0.2) is 0 Å². The second-order valence-corrected chi connectivity index (χ2v) is 10.6. The summed E-state index contributed by atoms with van der Waals surface area (Å²) >= 11 is 12.6. The minimum absolute atomic E-state index is 0.0704. The Morgan fingerprint density at radius 1 is 0.939 bits per heavy atom. The van der Waals surface area contributed by atoms with Crippen molar-refractivity contribution in [3.8, 4) is 0 Å². The highest BCUT2D eigenvalue weighted by molar-refractivity contribution is 6.35. The van der Waals surface area contributed by atoms with Crippen LogP contribution >= 0.6 is 23.2 Å². The van der Waals surface area contributed by atoms with Crippen LogP contribution in [0.25, 0.3) is 0 Å². The lowest BCUT2D eigenvalue weighted by Crippen LogP contribution is -2.40. The van der Waals surface area contributed by atoms with Crippen LogP contribution in [0.4, 0.5) is 0 Å². The number of nitrogens with one attached hydrogen (secondary N) is 1. The van der Waals surface area contributed by atoms with Crippen LogP contribution in [-0.4, -0.2) is 41.9 Å². The number of rotatable bonds is 7. The van der Waals surface area contributed by atoms with Crippen molar-refractivity contribution in [2.45, 2.75) is 52.2 Å². The Hall–Kier alpha value is -1.59. The minimum atomic E-state index is 0.0704. The van der Waals surface area contributed by atoms with Gasteiger partial charge in [-0.3, -0.25) is 14.6 Å². The van der Waals surface area contributed by atoms with Gasteiger partial charge in [0.2, 0.25) is 5.91 Å². The topological polar surface area (TPSA) is 35.6 Å². The van der Waals surface area contributed by atoms with Crippen LogP contribution in [0.5, 0.6) is 0 Å². The Morgan fingerprint density at radius 3 is 2.36 bits per heavy atom. The molecule has 1 amide bonds. The lowest BCUT2D eigenvalue weighted by atomic mass is 9.95. The first kappa shape index (κ1) is 24.5. The van der Waals surface area contributed by atoms with Gasteiger partial charge in [0.1, 0.15) is 0 Å². The summed E-state index contributed by atoms with van der Waals surface area (Å²) in [6.45, 7) is 8.80. The summed E-state index contributed by atoms with van der Waals surface area (Å²) in [5.74, 6) is 1.02. The molecule has 4 rings (SSSR count). The molecule has 0 spiro atoms. The van der Waals surface area contributed by atoms with Gasteiger partial charge in [-0.15, -0.1) is 0 Å². The first-order valence-electron chi connectivity index (χ1n) is 12.2. The van der Waals surface area contributed by atoms with Gasteiger partial charge in [-0.05, 0) is 74.5 Å². The van der Waals surface area contributed by atoms with Gasteiger partial charge in [-0.25, -0.2) is 0 Å². The third kappa shape index (κ3) is 6.95. The van der Waals surface area contributed by atoms with Crippen molar-refractivity contribution in [3.05, 3.63) is 69.2 Å². The fraction of sp³-hybridized carbons (Fsp3) is 0.519. The lowest BCUT2D eigenvalue weighted by Gasteiger charge is -2.31. The summed E-state index contributed by atoms with van der Waals surface area (Å²) in [5.41, 5.74) is 3.49. The molecule has 4 nitrogen and oxygen atoms in total. The van der Waals surface area contributed by atoms with Crippen LogP contribution in [0, 0.1) is 11.8 Å². The zero-order valence-electron chi connectivity index (χ0n) is 19.5. The SMILES string of the molecule is CC1CCCN(Cc2cccc(CNC(=O)C3CCN(Cc4c(Cl)cccc4Cl)CC3)c2)C1. The standard InChI is InChI=1S/C27H35Cl2N3O/c1-20-5-4-12-32(17-20)18-22-7-2-6-21(15-22)16-30-27(33)23-10-13-31(14-11-23)19-24-25(28)8-3-9-26(24)29/h2-3,6-9,15,20,23H,4-5,10-14,16-19H2,1H3,(H,30,33). The normalized spacial score (nSPS) is 20.6. The summed E-state index contributed by atoms with van der Waals surface area (Å²) in [6, 6.07) is 14.3. The summed E-state index contributed by atoms with van der Waals surface area (Å²) in [4.78, 5) is 17.7. The monoisotopic (exact) mass is 487 g/mol. The van der Waals surface area contributed by atoms with Crippen molar-refractivity contribution >= 4 is 29.1 Å². The van der Waals surface area contributed by atoms with Crippen molar-refractivity contribution in [1.82, 2.24) is 15.1 Å². The van der Waals surface area contributed by atoms with Gasteiger partial charge in [0, 0.05) is 47.7 Å². The Kier molecular flexibility index (Phi) is 8.70. The molecule has 2 fully saturated rings. The number of hydrogen-bond acceptors (Lipinski definition) is 3. The van der Waals surface area contributed by atoms with E-state index in [1.54, 1.807) is 0 Å². The second kappa shape index (κ2) is 11.7. The largest absolute Gasteiger partial charge is 0.352 e. The van der Waals surface area contributed by atoms with E-state index in [4.69, 9.17) is 23.2 Å². The number of benzene rings is 2. The minimum Gasteiger partial charge on any atom is -0.352 e. The van der Waals surface area contributed by atoms with E-state index in [0.717, 1.165) is 50.5 Å². The van der Waals surface area contributed by atoms with E-state index in [1.807, 2.05) is 18.2 Å². The van der Waals surface area contributed by atoms with Gasteiger partial charge >= 0.3 is 0 Å². The van der Waals surface area contributed by atoms with Crippen molar-refractivity contribution < 1.29 is 4.79 Å². The summed E-state index contributed by atoms with van der Waals surface area (Å²) in [5, 5.41) is 4.59. The maximum Gasteiger partial charge on any atom is 0.223 e. The molecule has 6 heteroatoms. The van der Waals surface area contributed by atoms with Crippen LogP contribution in [0.1, 0.15) is 49.3 Å². The van der Waals surface area contributed by atoms with E-state index in [1.165, 1.54) is 37.1 Å². The average molecular weight is 489 g/mol. The Labute approximate surface area is 208 Å². The number of piperidine rings is 2. The first-order valence-corrected chi connectivity index (χ1v) is 13.0. The maximum atomic E-state index is 12.8. The summed E-state index contributed by atoms with van der Waals surface area (Å²) in [7, 11) is 0. The number of hydrogen-bond donors (Lipinski definition) is 1. The second-order valence-electron chi connectivity index (χ2n) is 9.77. The first-order chi connectivity index (χ1) is 16.0. The van der Waals surface area contributed by atoms with E-state index >= 15 is 0 Å². The Balaban J connectivity index is 1.23. The van der Waals surface area contributed by atoms with Crippen molar-refractivity contribution in [3.63, 3.8) is 0 Å². The third-order valence-electron chi connectivity index (χ3n) is 7.01. The average Bonchev–Trinajstić information content (AvgIpc) is 2.81. The summed E-state index contributed by atoms with van der Waals surface area (Å²) in [6.07, 6.45) is 4.36. The van der Waals surface area contributed by atoms with Gasteiger partial charge in [0.05, 0.1) is 0 Å². The molecular formula is C27H35Cl2N3O. The molecule has 2 aromatic rings. The Bertz CT molecular complexity index is 922. The fourth-order valence-electron chi connectivity index (χ4n) is 5.12. The lowest BCUT2D eigenvalue weighted by molar-refractivity contribution is -0.126. The number of halogens is 2. The molecule has 1 N–H and O–H groups in total. The highest BCUT2D eigenvalue weighted by atomic mass is 35.5. The van der Waals surface area contributed by atoms with Crippen molar-refractivity contribution in [2.24, 2.45) is 11.8 Å². The third-order valence-corrected chi connectivity index (χ3v) is 7.72. The molecule has 2 aliphatic rings. The van der Waals surface area contributed by atoms with Crippen LogP contribution in [0.15, 0.2) is 42.5 Å². The zero-order chi connectivity index (χ0) is 23.2. The number of nitrogens with zero attached hydrogens (tertiary/aromatic N) is 2. The van der Waals surface area contributed by atoms with Crippen molar-refractivity contribution in [2.75, 3.05) is 26.2 Å². The number of carbonyl (C=O) groups is 1. The molecule has 2 aliphatic heterocycles. The molecule has 33 heavy (non-hydrogen) atoms. The van der Waals surface area contributed by atoms with E-state index in [9.17, 15) is 4.79 Å². The predicted octanol–water partition coefficient (Wildman–Crippen LogP) is 5.75. The molecule has 178 valence electrons. The molecule has 2 heterocycles. The molecule has 0 saturated carbocycles. The molecule has 2 saturated heterocycles. The van der Waals surface area contributed by atoms with Gasteiger partial charge in [-0.2, -0.15) is 0 Å². The van der Waals surface area contributed by atoms with E-state index in [-0.39, 0.29) is 11.8 Å². The molecule has 0 bridgehead atoms. The summed E-state index contributed by atoms with van der Waals surface area (Å²) < 4.78 is 0. The molecule has 0 aliphatic carbocycles. The Morgan fingerprint density at radius 2 is 1.64 bits per heavy atom. The highest BCUT2D eigenvalue weighted by Crippen LogP contribution is 2.28. The highest BCUT2D eigenvalue weighted by Gasteiger charge is 2.25. The van der Waals surface area contributed by atoms with Crippen LogP contribution < -0.4 is 5.32 Å². The molecule has 0 aromatic heterocycles. The molecule has 1 atom stereocenters. The van der Waals surface area contributed by atoms with Gasteiger partial charge in [0.25, 0.3) is 0 Å². The van der Waals surface area contributed by atoms with Crippen LogP contribution in [-0.2, 0) is 24.4 Å². The quantitative estimate of drug-likeness (QED) is 0.539. The van der Waals surface area contributed by atoms with Crippen molar-refractivity contribution in [1.29, 1.82) is 0 Å².